The smallest absolute Gasteiger partial charge is 0.306 e. The first kappa shape index (κ1) is 75.3. The summed E-state index contributed by atoms with van der Waals surface area (Å²) in [6, 6.07) is 0. The molecule has 0 fully saturated rings. The largest absolute Gasteiger partial charge is 0.462 e. The van der Waals surface area contributed by atoms with Crippen molar-refractivity contribution in [2.75, 3.05) is 13.2 Å². The summed E-state index contributed by atoms with van der Waals surface area (Å²) < 4.78 is 16.9. The SMILES string of the molecule is CC/C=C\C/C=C\C/C=C\C/C=C\CCCCCCC(=O)OCC(COC(=O)CCCCCCCCCCCCCCCCCCCCCCCCCCCCC)OC(=O)CCCCCC/C=C\C/C=C\C/C=C\C/C=C\CC. The van der Waals surface area contributed by atoms with Gasteiger partial charge in [0.25, 0.3) is 0 Å². The van der Waals surface area contributed by atoms with Crippen LogP contribution < -0.4 is 0 Å². The Kier molecular flexibility index (Phi) is 63.7. The Hall–Kier alpha value is -3.67. The Labute approximate surface area is 489 Å². The quantitative estimate of drug-likeness (QED) is 0.0261. The van der Waals surface area contributed by atoms with Crippen LogP contribution in [0, 0.1) is 0 Å². The van der Waals surface area contributed by atoms with E-state index in [0.717, 1.165) is 135 Å². The van der Waals surface area contributed by atoms with Gasteiger partial charge in [0.2, 0.25) is 0 Å². The molecule has 0 bridgehead atoms. The third-order valence-electron chi connectivity index (χ3n) is 14.6. The van der Waals surface area contributed by atoms with Crippen molar-refractivity contribution in [2.45, 2.75) is 335 Å². The molecule has 6 nitrogen and oxygen atoms in total. The topological polar surface area (TPSA) is 78.9 Å². The molecular formula is C73H126O6. The fourth-order valence-corrected chi connectivity index (χ4v) is 9.60. The van der Waals surface area contributed by atoms with E-state index in [1.54, 1.807) is 0 Å². The van der Waals surface area contributed by atoms with Crippen molar-refractivity contribution >= 4 is 17.9 Å². The van der Waals surface area contributed by atoms with Crippen LogP contribution in [-0.4, -0.2) is 37.2 Å². The van der Waals surface area contributed by atoms with Crippen LogP contribution in [0.3, 0.4) is 0 Å². The van der Waals surface area contributed by atoms with Crippen molar-refractivity contribution in [1.82, 2.24) is 0 Å². The number of rotatable bonds is 61. The maximum absolute atomic E-state index is 12.9. The molecule has 0 aromatic carbocycles. The zero-order valence-corrected chi connectivity index (χ0v) is 52.1. The highest BCUT2D eigenvalue weighted by atomic mass is 16.6. The molecule has 0 saturated carbocycles. The highest BCUT2D eigenvalue weighted by Gasteiger charge is 2.19. The molecule has 454 valence electrons. The van der Waals surface area contributed by atoms with Gasteiger partial charge < -0.3 is 14.2 Å². The summed E-state index contributed by atoms with van der Waals surface area (Å²) in [4.78, 5) is 38.4. The van der Waals surface area contributed by atoms with E-state index in [4.69, 9.17) is 14.2 Å². The summed E-state index contributed by atoms with van der Waals surface area (Å²) in [7, 11) is 0. The summed E-state index contributed by atoms with van der Waals surface area (Å²) in [6.45, 7) is 6.41. The second kappa shape index (κ2) is 66.8. The van der Waals surface area contributed by atoms with Crippen LogP contribution in [0.4, 0.5) is 0 Å². The number of ether oxygens (including phenoxy) is 3. The van der Waals surface area contributed by atoms with Crippen molar-refractivity contribution in [3.05, 3.63) is 97.2 Å². The summed E-state index contributed by atoms with van der Waals surface area (Å²) in [6.07, 6.45) is 90.1. The molecule has 0 aliphatic heterocycles. The average Bonchev–Trinajstić information content (AvgIpc) is 3.45. The van der Waals surface area contributed by atoms with Crippen molar-refractivity contribution in [3.63, 3.8) is 0 Å². The maximum Gasteiger partial charge on any atom is 0.306 e. The normalized spacial score (nSPS) is 12.7. The van der Waals surface area contributed by atoms with Gasteiger partial charge in [-0.1, -0.05) is 311 Å². The maximum atomic E-state index is 12.9. The zero-order chi connectivity index (χ0) is 57.1. The van der Waals surface area contributed by atoms with E-state index in [2.05, 4.69) is 118 Å². The van der Waals surface area contributed by atoms with Crippen LogP contribution in [0.25, 0.3) is 0 Å². The van der Waals surface area contributed by atoms with Gasteiger partial charge in [-0.3, -0.25) is 14.4 Å². The predicted octanol–water partition coefficient (Wildman–Crippen LogP) is 23.2. The predicted molar refractivity (Wildman–Crippen MR) is 344 cm³/mol. The summed E-state index contributed by atoms with van der Waals surface area (Å²) in [5.74, 6) is -0.930. The first-order chi connectivity index (χ1) is 39.0. The minimum absolute atomic E-state index is 0.0937. The van der Waals surface area contributed by atoms with E-state index in [1.165, 1.54) is 154 Å². The Morgan fingerprint density at radius 2 is 0.494 bits per heavy atom. The number of carbonyl (C=O) groups excluding carboxylic acids is 3. The monoisotopic (exact) mass is 1100 g/mol. The molecule has 0 radical (unpaired) electrons. The molecule has 79 heavy (non-hydrogen) atoms. The first-order valence-corrected chi connectivity index (χ1v) is 33.7. The van der Waals surface area contributed by atoms with Gasteiger partial charge in [0.15, 0.2) is 6.10 Å². The van der Waals surface area contributed by atoms with Crippen LogP contribution in [-0.2, 0) is 28.6 Å². The first-order valence-electron chi connectivity index (χ1n) is 33.7. The van der Waals surface area contributed by atoms with Crippen molar-refractivity contribution in [2.24, 2.45) is 0 Å². The molecule has 0 aliphatic carbocycles. The number of unbranched alkanes of at least 4 members (excludes halogenated alkanes) is 34. The highest BCUT2D eigenvalue weighted by molar-refractivity contribution is 5.71. The molecule has 0 heterocycles. The van der Waals surface area contributed by atoms with E-state index >= 15 is 0 Å². The van der Waals surface area contributed by atoms with E-state index in [1.807, 2.05) is 0 Å². The molecule has 0 N–H and O–H groups in total. The second-order valence-corrected chi connectivity index (χ2v) is 22.3. The van der Waals surface area contributed by atoms with Gasteiger partial charge in [-0.25, -0.2) is 0 Å². The number of carbonyl (C=O) groups is 3. The van der Waals surface area contributed by atoms with Gasteiger partial charge >= 0.3 is 17.9 Å². The van der Waals surface area contributed by atoms with Gasteiger partial charge in [-0.2, -0.15) is 0 Å². The molecule has 6 heteroatoms. The highest BCUT2D eigenvalue weighted by Crippen LogP contribution is 2.18. The number of esters is 3. The fourth-order valence-electron chi connectivity index (χ4n) is 9.60. The minimum Gasteiger partial charge on any atom is -0.462 e. The molecule has 0 saturated heterocycles. The van der Waals surface area contributed by atoms with Crippen LogP contribution in [0.15, 0.2) is 97.2 Å². The zero-order valence-electron chi connectivity index (χ0n) is 52.1. The third-order valence-corrected chi connectivity index (χ3v) is 14.6. The van der Waals surface area contributed by atoms with E-state index in [-0.39, 0.29) is 31.1 Å². The number of allylic oxidation sites excluding steroid dienone is 16. The lowest BCUT2D eigenvalue weighted by atomic mass is 10.0. The molecule has 0 aromatic heterocycles. The lowest BCUT2D eigenvalue weighted by Crippen LogP contribution is -2.30. The summed E-state index contributed by atoms with van der Waals surface area (Å²) >= 11 is 0. The van der Waals surface area contributed by atoms with E-state index in [9.17, 15) is 14.4 Å². The van der Waals surface area contributed by atoms with Gasteiger partial charge in [0.1, 0.15) is 13.2 Å². The molecule has 1 unspecified atom stereocenters. The summed E-state index contributed by atoms with van der Waals surface area (Å²) in [5, 5.41) is 0. The van der Waals surface area contributed by atoms with Gasteiger partial charge in [0, 0.05) is 19.3 Å². The van der Waals surface area contributed by atoms with Crippen molar-refractivity contribution in [3.8, 4) is 0 Å². The molecular weight excluding hydrogens is 973 g/mol. The van der Waals surface area contributed by atoms with Crippen LogP contribution in [0.1, 0.15) is 329 Å². The minimum atomic E-state index is -0.802. The van der Waals surface area contributed by atoms with Gasteiger partial charge in [0.05, 0.1) is 0 Å². The lowest BCUT2D eigenvalue weighted by Gasteiger charge is -2.18. The molecule has 0 aliphatic rings. The molecule has 0 aromatic rings. The Morgan fingerprint density at radius 1 is 0.266 bits per heavy atom. The standard InChI is InChI=1S/C73H126O6/c1-4-7-10-13-16-19-22-25-28-31-32-33-34-35-36-37-38-39-40-43-45-48-51-54-57-60-63-66-72(75)78-69-70(79-73(76)67-64-61-58-55-52-49-46-42-30-27-24-21-18-15-12-9-6-3)68-77-71(74)65-62-59-56-53-50-47-44-41-29-26-23-20-17-14-11-8-5-2/h8-9,11-12,17-18,20-21,26-27,29-30,44,46-47,49,70H,4-7,10,13-16,19,22-25,28,31-43,45,48,50-69H2,1-3H3/b11-8-,12-9-,20-17-,21-18-,29-26-,30-27-,47-44-,49-46-. The van der Waals surface area contributed by atoms with Crippen molar-refractivity contribution in [1.29, 1.82) is 0 Å². The third kappa shape index (κ3) is 65.0. The molecule has 0 rings (SSSR count). The molecule has 0 amide bonds. The van der Waals surface area contributed by atoms with E-state index in [0.29, 0.717) is 19.3 Å². The molecule has 0 spiro atoms. The Bertz CT molecular complexity index is 1540. The van der Waals surface area contributed by atoms with Crippen LogP contribution in [0.2, 0.25) is 0 Å². The Balaban J connectivity index is 4.32. The van der Waals surface area contributed by atoms with E-state index < -0.39 is 6.10 Å². The average molecular weight is 1100 g/mol. The van der Waals surface area contributed by atoms with Gasteiger partial charge in [-0.15, -0.1) is 0 Å². The number of hydrogen-bond donors (Lipinski definition) is 0. The number of hydrogen-bond acceptors (Lipinski definition) is 6. The van der Waals surface area contributed by atoms with Crippen LogP contribution in [0.5, 0.6) is 0 Å². The fraction of sp³-hybridized carbons (Fsp3) is 0.740. The Morgan fingerprint density at radius 3 is 0.772 bits per heavy atom. The summed E-state index contributed by atoms with van der Waals surface area (Å²) in [5.41, 5.74) is 0. The second-order valence-electron chi connectivity index (χ2n) is 22.3. The van der Waals surface area contributed by atoms with Crippen LogP contribution >= 0.6 is 0 Å². The molecule has 1 atom stereocenters. The van der Waals surface area contributed by atoms with Gasteiger partial charge in [-0.05, 0) is 96.3 Å². The lowest BCUT2D eigenvalue weighted by molar-refractivity contribution is -0.167. The van der Waals surface area contributed by atoms with Crippen molar-refractivity contribution < 1.29 is 28.6 Å².